The average Bonchev–Trinajstić information content (AvgIpc) is 3.74. The van der Waals surface area contributed by atoms with Crippen molar-refractivity contribution < 1.29 is 4.42 Å². The fourth-order valence-electron chi connectivity index (χ4n) is 6.97. The molecule has 50 heavy (non-hydrogen) atoms. The topological polar surface area (TPSA) is 69.6 Å². The lowest BCUT2D eigenvalue weighted by Gasteiger charge is -2.09. The van der Waals surface area contributed by atoms with Crippen molar-refractivity contribution in [2.24, 2.45) is 0 Å². The molecule has 0 saturated carbocycles. The van der Waals surface area contributed by atoms with Crippen LogP contribution >= 0.6 is 0 Å². The molecule has 6 heteroatoms. The van der Waals surface area contributed by atoms with Crippen LogP contribution in [0.2, 0.25) is 0 Å². The predicted octanol–water partition coefficient (Wildman–Crippen LogP) is 10.9. The molecule has 0 amide bonds. The van der Waals surface area contributed by atoms with Gasteiger partial charge in [-0.15, -0.1) is 0 Å². The molecule has 0 aliphatic carbocycles. The number of hydrogen-bond donors (Lipinski definition) is 0. The van der Waals surface area contributed by atoms with Crippen LogP contribution in [0.1, 0.15) is 0 Å². The molecule has 0 atom stereocenters. The van der Waals surface area contributed by atoms with E-state index in [1.807, 2.05) is 48.5 Å². The van der Waals surface area contributed by atoms with Crippen LogP contribution in [0.3, 0.4) is 0 Å². The van der Waals surface area contributed by atoms with E-state index in [0.29, 0.717) is 17.5 Å². The van der Waals surface area contributed by atoms with Crippen LogP contribution in [0.25, 0.3) is 94.7 Å². The molecule has 6 aromatic carbocycles. The maximum absolute atomic E-state index is 6.70. The fraction of sp³-hybridized carbons (Fsp3) is 0. The Balaban J connectivity index is 1.15. The van der Waals surface area contributed by atoms with Gasteiger partial charge in [-0.3, -0.25) is 4.98 Å². The van der Waals surface area contributed by atoms with Gasteiger partial charge in [0.2, 0.25) is 0 Å². The standard InChI is InChI=1S/C44H27N5O/c1-3-10-28(11-4-1)29-17-19-30(20-18-29)42-46-43(48-44(47-42)32-12-9-25-45-27-32)31-21-24-39-37(26-31)36-23-22-35-34-15-7-8-16-38(34)49(40(35)41(36)50-39)33-13-5-2-6-14-33/h1-27H. The van der Waals surface area contributed by atoms with Gasteiger partial charge in [-0.25, -0.2) is 15.0 Å². The number of pyridine rings is 1. The molecule has 0 aliphatic heterocycles. The van der Waals surface area contributed by atoms with Crippen LogP contribution in [0.15, 0.2) is 168 Å². The highest BCUT2D eigenvalue weighted by atomic mass is 16.3. The Morgan fingerprint density at radius 1 is 0.440 bits per heavy atom. The highest BCUT2D eigenvalue weighted by Crippen LogP contribution is 2.41. The molecule has 0 aliphatic rings. The minimum absolute atomic E-state index is 0.566. The highest BCUT2D eigenvalue weighted by Gasteiger charge is 2.20. The second kappa shape index (κ2) is 11.4. The lowest BCUT2D eigenvalue weighted by atomic mass is 10.0. The maximum Gasteiger partial charge on any atom is 0.165 e. The number of furan rings is 1. The molecular weight excluding hydrogens is 615 g/mol. The third kappa shape index (κ3) is 4.58. The summed E-state index contributed by atoms with van der Waals surface area (Å²) >= 11 is 0. The molecule has 10 aromatic rings. The number of benzene rings is 6. The van der Waals surface area contributed by atoms with E-state index in [4.69, 9.17) is 19.4 Å². The van der Waals surface area contributed by atoms with E-state index in [9.17, 15) is 0 Å². The molecule has 0 radical (unpaired) electrons. The van der Waals surface area contributed by atoms with Gasteiger partial charge >= 0.3 is 0 Å². The Bertz CT molecular complexity index is 2840. The molecule has 0 N–H and O–H groups in total. The summed E-state index contributed by atoms with van der Waals surface area (Å²) in [6.45, 7) is 0. The quantitative estimate of drug-likeness (QED) is 0.187. The highest BCUT2D eigenvalue weighted by molar-refractivity contribution is 6.21. The minimum atomic E-state index is 0.566. The SMILES string of the molecule is c1ccc(-c2ccc(-c3nc(-c4cccnc4)nc(-c4ccc5oc6c(ccc7c8ccccc8n(-c8ccccc8)c76)c5c4)n3)cc2)cc1. The monoisotopic (exact) mass is 641 g/mol. The molecule has 0 fully saturated rings. The minimum Gasteiger partial charge on any atom is -0.454 e. The summed E-state index contributed by atoms with van der Waals surface area (Å²) in [4.78, 5) is 19.2. The zero-order chi connectivity index (χ0) is 33.0. The van der Waals surface area contributed by atoms with Gasteiger partial charge in [-0.1, -0.05) is 97.1 Å². The van der Waals surface area contributed by atoms with Gasteiger partial charge in [0.1, 0.15) is 5.58 Å². The van der Waals surface area contributed by atoms with Crippen LogP contribution in [0.5, 0.6) is 0 Å². The normalized spacial score (nSPS) is 11.6. The number of rotatable bonds is 5. The number of aromatic nitrogens is 5. The molecule has 6 nitrogen and oxygen atoms in total. The number of fused-ring (bicyclic) bond motifs is 7. The van der Waals surface area contributed by atoms with Crippen molar-refractivity contribution >= 4 is 43.7 Å². The van der Waals surface area contributed by atoms with Gasteiger partial charge in [-0.2, -0.15) is 0 Å². The summed E-state index contributed by atoms with van der Waals surface area (Å²) in [5.41, 5.74) is 9.83. The first kappa shape index (κ1) is 28.1. The number of para-hydroxylation sites is 2. The van der Waals surface area contributed by atoms with Crippen LogP contribution < -0.4 is 0 Å². The van der Waals surface area contributed by atoms with Gasteiger partial charge in [0.25, 0.3) is 0 Å². The first-order chi connectivity index (χ1) is 24.8. The Morgan fingerprint density at radius 3 is 1.84 bits per heavy atom. The molecule has 4 aromatic heterocycles. The Labute approximate surface area is 287 Å². The summed E-state index contributed by atoms with van der Waals surface area (Å²) in [7, 11) is 0. The zero-order valence-electron chi connectivity index (χ0n) is 26.7. The van der Waals surface area contributed by atoms with E-state index in [1.165, 1.54) is 5.39 Å². The van der Waals surface area contributed by atoms with E-state index in [1.54, 1.807) is 12.4 Å². The summed E-state index contributed by atoms with van der Waals surface area (Å²) in [6, 6.07) is 52.1. The molecular formula is C44H27N5O. The molecule has 0 unspecified atom stereocenters. The second-order valence-corrected chi connectivity index (χ2v) is 12.3. The number of hydrogen-bond acceptors (Lipinski definition) is 5. The Kier molecular flexibility index (Phi) is 6.39. The third-order valence-corrected chi connectivity index (χ3v) is 9.35. The van der Waals surface area contributed by atoms with Crippen molar-refractivity contribution in [3.63, 3.8) is 0 Å². The maximum atomic E-state index is 6.70. The fourth-order valence-corrected chi connectivity index (χ4v) is 6.97. The van der Waals surface area contributed by atoms with Crippen LogP contribution in [0, 0.1) is 0 Å². The van der Waals surface area contributed by atoms with Gasteiger partial charge in [-0.05, 0) is 65.7 Å². The molecule has 4 heterocycles. The van der Waals surface area contributed by atoms with Gasteiger partial charge < -0.3 is 8.98 Å². The Hall–Kier alpha value is -6.92. The van der Waals surface area contributed by atoms with E-state index in [-0.39, 0.29) is 0 Å². The Morgan fingerprint density at radius 2 is 1.06 bits per heavy atom. The lowest BCUT2D eigenvalue weighted by molar-refractivity contribution is 0.671. The van der Waals surface area contributed by atoms with Crippen molar-refractivity contribution in [2.75, 3.05) is 0 Å². The second-order valence-electron chi connectivity index (χ2n) is 12.3. The van der Waals surface area contributed by atoms with E-state index in [0.717, 1.165) is 71.9 Å². The van der Waals surface area contributed by atoms with Crippen LogP contribution in [-0.4, -0.2) is 24.5 Å². The summed E-state index contributed by atoms with van der Waals surface area (Å²) in [5, 5.41) is 4.37. The molecule has 0 spiro atoms. The van der Waals surface area contributed by atoms with Crippen molar-refractivity contribution in [1.82, 2.24) is 24.5 Å². The van der Waals surface area contributed by atoms with E-state index >= 15 is 0 Å². The summed E-state index contributed by atoms with van der Waals surface area (Å²) in [6.07, 6.45) is 3.53. The van der Waals surface area contributed by atoms with Crippen LogP contribution in [-0.2, 0) is 0 Å². The lowest BCUT2D eigenvalue weighted by Crippen LogP contribution is -2.00. The predicted molar refractivity (Wildman–Crippen MR) is 201 cm³/mol. The van der Waals surface area contributed by atoms with Crippen molar-refractivity contribution in [1.29, 1.82) is 0 Å². The van der Waals surface area contributed by atoms with Crippen LogP contribution in [0.4, 0.5) is 0 Å². The van der Waals surface area contributed by atoms with Crippen molar-refractivity contribution in [3.05, 3.63) is 164 Å². The third-order valence-electron chi connectivity index (χ3n) is 9.35. The molecule has 0 saturated heterocycles. The first-order valence-electron chi connectivity index (χ1n) is 16.5. The van der Waals surface area contributed by atoms with Gasteiger partial charge in [0.15, 0.2) is 23.1 Å². The zero-order valence-corrected chi connectivity index (χ0v) is 26.7. The number of nitrogens with zero attached hydrogens (tertiary/aromatic N) is 5. The summed E-state index contributed by atoms with van der Waals surface area (Å²) < 4.78 is 9.00. The molecule has 10 rings (SSSR count). The van der Waals surface area contributed by atoms with Crippen molar-refractivity contribution in [2.45, 2.75) is 0 Å². The average molecular weight is 642 g/mol. The van der Waals surface area contributed by atoms with Gasteiger partial charge in [0.05, 0.1) is 11.0 Å². The molecule has 234 valence electrons. The summed E-state index contributed by atoms with van der Waals surface area (Å²) in [5.74, 6) is 1.74. The van der Waals surface area contributed by atoms with E-state index in [2.05, 4.69) is 113 Å². The smallest absolute Gasteiger partial charge is 0.165 e. The van der Waals surface area contributed by atoms with E-state index < -0.39 is 0 Å². The van der Waals surface area contributed by atoms with Gasteiger partial charge in [0, 0.05) is 56.3 Å². The first-order valence-corrected chi connectivity index (χ1v) is 16.5. The van der Waals surface area contributed by atoms with Crippen molar-refractivity contribution in [3.8, 4) is 51.0 Å². The largest absolute Gasteiger partial charge is 0.454 e. The molecule has 0 bridgehead atoms.